The van der Waals surface area contributed by atoms with Crippen LogP contribution in [0.1, 0.15) is 161 Å². The second-order valence-corrected chi connectivity index (χ2v) is 14.2. The highest BCUT2D eigenvalue weighted by molar-refractivity contribution is 4.94. The summed E-state index contributed by atoms with van der Waals surface area (Å²) in [4.78, 5) is 0. The number of allylic oxidation sites excluding steroid dienone is 1. The summed E-state index contributed by atoms with van der Waals surface area (Å²) in [5.41, 5.74) is -1.60. The summed E-state index contributed by atoms with van der Waals surface area (Å²) >= 11 is 0. The Hall–Kier alpha value is -0.580. The first kappa shape index (κ1) is 36.4. The Kier molecular flexibility index (Phi) is 16.2. The maximum Gasteiger partial charge on any atom is 0.290 e. The van der Waals surface area contributed by atoms with Crippen molar-refractivity contribution in [2.75, 3.05) is 6.61 Å². The van der Waals surface area contributed by atoms with Crippen LogP contribution in [-0.2, 0) is 18.9 Å². The van der Waals surface area contributed by atoms with Gasteiger partial charge in [-0.25, -0.2) is 0 Å². The minimum Gasteiger partial charge on any atom is -0.502 e. The van der Waals surface area contributed by atoms with Crippen molar-refractivity contribution in [3.8, 4) is 0 Å². The van der Waals surface area contributed by atoms with E-state index in [0.717, 1.165) is 45.1 Å². The van der Waals surface area contributed by atoms with Gasteiger partial charge in [0.2, 0.25) is 0 Å². The van der Waals surface area contributed by atoms with Gasteiger partial charge in [-0.05, 0) is 107 Å². The van der Waals surface area contributed by atoms with Crippen molar-refractivity contribution in [2.45, 2.75) is 183 Å². The van der Waals surface area contributed by atoms with E-state index >= 15 is 0 Å². The lowest BCUT2D eigenvalue weighted by Gasteiger charge is -2.56. The fraction of sp³-hybridized carbons (Fsp3) is 0.939. The molecule has 0 aliphatic rings. The van der Waals surface area contributed by atoms with Gasteiger partial charge in [-0.3, -0.25) is 0 Å². The molecule has 0 radical (unpaired) electrons. The Bertz CT molecular complexity index is 564. The molecule has 0 aliphatic heterocycles. The van der Waals surface area contributed by atoms with E-state index in [1.54, 1.807) is 6.26 Å². The Balaban J connectivity index is 6.65. The van der Waals surface area contributed by atoms with E-state index in [-0.39, 0.29) is 5.41 Å². The van der Waals surface area contributed by atoms with Crippen LogP contribution in [0.15, 0.2) is 12.3 Å². The van der Waals surface area contributed by atoms with Crippen molar-refractivity contribution in [2.24, 2.45) is 11.3 Å². The summed E-state index contributed by atoms with van der Waals surface area (Å²) < 4.78 is 26.8. The second kappa shape index (κ2) is 16.5. The van der Waals surface area contributed by atoms with E-state index in [0.29, 0.717) is 5.92 Å². The molecular weight excluding hydrogens is 460 g/mol. The van der Waals surface area contributed by atoms with Crippen molar-refractivity contribution >= 4 is 0 Å². The average Bonchev–Trinajstić information content (AvgIpc) is 2.69. The highest BCUT2D eigenvalue weighted by atomic mass is 16.9. The third-order valence-electron chi connectivity index (χ3n) is 6.39. The summed E-state index contributed by atoms with van der Waals surface area (Å²) in [6.07, 6.45) is 16.2. The molecule has 0 bridgehead atoms. The van der Waals surface area contributed by atoms with Gasteiger partial charge in [0, 0.05) is 0 Å². The third kappa shape index (κ3) is 15.6. The lowest BCUT2D eigenvalue weighted by molar-refractivity contribution is -0.491. The van der Waals surface area contributed by atoms with Gasteiger partial charge >= 0.3 is 0 Å². The van der Waals surface area contributed by atoms with Crippen molar-refractivity contribution < 1.29 is 18.9 Å². The topological polar surface area (TPSA) is 36.9 Å². The maximum atomic E-state index is 7.05. The summed E-state index contributed by atoms with van der Waals surface area (Å²) in [5.74, 6) is -0.614. The van der Waals surface area contributed by atoms with E-state index in [1.165, 1.54) is 32.1 Å². The van der Waals surface area contributed by atoms with Gasteiger partial charge < -0.3 is 18.9 Å². The van der Waals surface area contributed by atoms with Crippen molar-refractivity contribution in [3.63, 3.8) is 0 Å². The largest absolute Gasteiger partial charge is 0.502 e. The zero-order chi connectivity index (χ0) is 28.8. The van der Waals surface area contributed by atoms with Crippen LogP contribution in [0.2, 0.25) is 0 Å². The zero-order valence-electron chi connectivity index (χ0n) is 27.4. The molecule has 4 nitrogen and oxygen atoms in total. The molecule has 0 saturated carbocycles. The lowest BCUT2D eigenvalue weighted by Crippen LogP contribution is -2.62. The Morgan fingerprint density at radius 3 is 1.62 bits per heavy atom. The van der Waals surface area contributed by atoms with E-state index in [9.17, 15) is 0 Å². The summed E-state index contributed by atoms with van der Waals surface area (Å²) in [7, 11) is 0. The molecule has 0 aromatic heterocycles. The van der Waals surface area contributed by atoms with Crippen LogP contribution in [0, 0.1) is 11.3 Å². The SMILES string of the molecule is CC=COCCCCC(CCC)(CC(C)CCCCCC)C(OC(C)(C)C)(OC(C)(C)C)OC(C)(C)C. The van der Waals surface area contributed by atoms with E-state index in [4.69, 9.17) is 18.9 Å². The molecule has 0 aromatic rings. The second-order valence-electron chi connectivity index (χ2n) is 14.2. The molecule has 37 heavy (non-hydrogen) atoms. The molecule has 2 unspecified atom stereocenters. The molecule has 0 rings (SSSR count). The van der Waals surface area contributed by atoms with Crippen molar-refractivity contribution in [1.82, 2.24) is 0 Å². The zero-order valence-corrected chi connectivity index (χ0v) is 27.4. The van der Waals surface area contributed by atoms with Gasteiger partial charge in [0.25, 0.3) is 5.97 Å². The first-order chi connectivity index (χ1) is 16.9. The molecule has 0 heterocycles. The molecule has 0 aromatic carbocycles. The van der Waals surface area contributed by atoms with Crippen LogP contribution in [0.4, 0.5) is 0 Å². The first-order valence-corrected chi connectivity index (χ1v) is 15.3. The molecule has 0 saturated heterocycles. The summed E-state index contributed by atoms with van der Waals surface area (Å²) in [6, 6.07) is 0. The molecule has 2 atom stereocenters. The van der Waals surface area contributed by atoms with E-state index in [2.05, 4.69) is 83.1 Å². The first-order valence-electron chi connectivity index (χ1n) is 15.3. The van der Waals surface area contributed by atoms with Gasteiger partial charge in [0.1, 0.15) is 0 Å². The number of unbranched alkanes of at least 4 members (excludes halogenated alkanes) is 4. The smallest absolute Gasteiger partial charge is 0.290 e. The Labute approximate surface area is 232 Å². The quantitative estimate of drug-likeness (QED) is 0.0952. The monoisotopic (exact) mass is 526 g/mol. The number of ether oxygens (including phenoxy) is 4. The number of rotatable bonds is 19. The van der Waals surface area contributed by atoms with Gasteiger partial charge in [-0.15, -0.1) is 0 Å². The highest BCUT2D eigenvalue weighted by Crippen LogP contribution is 2.54. The normalized spacial score (nSPS) is 16.2. The van der Waals surface area contributed by atoms with Crippen LogP contribution in [0.3, 0.4) is 0 Å². The maximum absolute atomic E-state index is 7.05. The Morgan fingerprint density at radius 1 is 0.649 bits per heavy atom. The molecule has 222 valence electrons. The third-order valence-corrected chi connectivity index (χ3v) is 6.39. The number of hydrogen-bond acceptors (Lipinski definition) is 4. The minimum absolute atomic E-state index is 0.291. The fourth-order valence-corrected chi connectivity index (χ4v) is 5.34. The van der Waals surface area contributed by atoms with Gasteiger partial charge in [-0.2, -0.15) is 0 Å². The van der Waals surface area contributed by atoms with E-state index < -0.39 is 22.8 Å². The molecule has 0 aliphatic carbocycles. The van der Waals surface area contributed by atoms with Crippen LogP contribution in [0.5, 0.6) is 0 Å². The fourth-order valence-electron chi connectivity index (χ4n) is 5.34. The van der Waals surface area contributed by atoms with Gasteiger partial charge in [-0.1, -0.05) is 65.4 Å². The molecule has 0 fully saturated rings. The standard InChI is InChI=1S/C33H66O4/c1-14-17-18-19-22-28(4)27-32(23-15-2,24-20-21-26-34-25-16-3)33(35-29(5,6)7,36-30(8,9)10)37-31(11,12)13/h16,25,28H,14-15,17-24,26-27H2,1-13H3. The average molecular weight is 527 g/mol. The van der Waals surface area contributed by atoms with Gasteiger partial charge in [0.05, 0.1) is 35.1 Å². The van der Waals surface area contributed by atoms with Gasteiger partial charge in [0.15, 0.2) is 0 Å². The van der Waals surface area contributed by atoms with Crippen LogP contribution >= 0.6 is 0 Å². The van der Waals surface area contributed by atoms with Crippen LogP contribution < -0.4 is 0 Å². The van der Waals surface area contributed by atoms with E-state index in [1.807, 2.05) is 13.0 Å². The minimum atomic E-state index is -1.17. The molecule has 0 N–H and O–H groups in total. The predicted octanol–water partition coefficient (Wildman–Crippen LogP) is 10.6. The molecule has 0 spiro atoms. The molecular formula is C33H66O4. The Morgan fingerprint density at radius 2 is 1.19 bits per heavy atom. The van der Waals surface area contributed by atoms with Crippen LogP contribution in [0.25, 0.3) is 0 Å². The summed E-state index contributed by atoms with van der Waals surface area (Å²) in [5, 5.41) is 0. The summed E-state index contributed by atoms with van der Waals surface area (Å²) in [6.45, 7) is 28.8. The van der Waals surface area contributed by atoms with Crippen molar-refractivity contribution in [1.29, 1.82) is 0 Å². The van der Waals surface area contributed by atoms with Crippen molar-refractivity contribution in [3.05, 3.63) is 12.3 Å². The number of hydrogen-bond donors (Lipinski definition) is 0. The highest BCUT2D eigenvalue weighted by Gasteiger charge is 2.59. The molecule has 0 amide bonds. The van der Waals surface area contributed by atoms with Crippen LogP contribution in [-0.4, -0.2) is 29.4 Å². The molecule has 4 heteroatoms. The predicted molar refractivity (Wildman–Crippen MR) is 160 cm³/mol. The lowest BCUT2D eigenvalue weighted by atomic mass is 9.69.